The monoisotopic (exact) mass is 331 g/mol. The third-order valence-corrected chi connectivity index (χ3v) is 3.92. The first kappa shape index (κ1) is 15.2. The summed E-state index contributed by atoms with van der Waals surface area (Å²) < 4.78 is 3.93. The van der Waals surface area contributed by atoms with E-state index in [1.54, 1.807) is 18.6 Å². The molecule has 4 aromatic rings. The van der Waals surface area contributed by atoms with Crippen LogP contribution >= 0.6 is 0 Å². The van der Waals surface area contributed by atoms with Gasteiger partial charge in [-0.05, 0) is 32.1 Å². The molecule has 0 bridgehead atoms. The SMILES string of the molecule is Cc1cc(C)n2cc(/C=C/c3nc(-c4cnccn4)cn3C)nc2n1. The first-order chi connectivity index (χ1) is 12.1. The maximum Gasteiger partial charge on any atom is 0.234 e. The Hall–Kier alpha value is -3.35. The molecule has 0 saturated carbocycles. The molecule has 0 N–H and O–H groups in total. The van der Waals surface area contributed by atoms with E-state index in [9.17, 15) is 0 Å². The van der Waals surface area contributed by atoms with Crippen LogP contribution in [0.15, 0.2) is 37.1 Å². The number of imidazole rings is 2. The summed E-state index contributed by atoms with van der Waals surface area (Å²) in [7, 11) is 1.95. The minimum absolute atomic E-state index is 0.706. The Labute approximate surface area is 144 Å². The summed E-state index contributed by atoms with van der Waals surface area (Å²) in [6.45, 7) is 4.02. The Balaban J connectivity index is 1.66. The highest BCUT2D eigenvalue weighted by molar-refractivity contribution is 5.67. The van der Waals surface area contributed by atoms with Crippen molar-refractivity contribution in [2.45, 2.75) is 13.8 Å². The van der Waals surface area contributed by atoms with Crippen LogP contribution in [0.2, 0.25) is 0 Å². The van der Waals surface area contributed by atoms with Crippen LogP contribution in [0, 0.1) is 13.8 Å². The molecule has 0 radical (unpaired) electrons. The molecule has 0 aliphatic heterocycles. The van der Waals surface area contributed by atoms with Crippen LogP contribution in [0.3, 0.4) is 0 Å². The van der Waals surface area contributed by atoms with Crippen molar-refractivity contribution in [2.24, 2.45) is 7.05 Å². The Kier molecular flexibility index (Phi) is 3.61. The minimum atomic E-state index is 0.706. The standard InChI is InChI=1S/C18H17N7/c1-12-8-13(2)25-10-14(22-18(25)21-12)4-5-17-23-16(11-24(17)3)15-9-19-6-7-20-15/h4-11H,1-3H3/b5-4+. The largest absolute Gasteiger partial charge is 0.334 e. The van der Waals surface area contributed by atoms with Crippen molar-refractivity contribution in [2.75, 3.05) is 0 Å². The highest BCUT2D eigenvalue weighted by Gasteiger charge is 2.07. The smallest absolute Gasteiger partial charge is 0.234 e. The predicted octanol–water partition coefficient (Wildman–Crippen LogP) is 2.71. The van der Waals surface area contributed by atoms with E-state index in [-0.39, 0.29) is 0 Å². The summed E-state index contributed by atoms with van der Waals surface area (Å²) in [6, 6.07) is 2.04. The second-order valence-electron chi connectivity index (χ2n) is 5.89. The summed E-state index contributed by atoms with van der Waals surface area (Å²) in [5.74, 6) is 1.52. The van der Waals surface area contributed by atoms with E-state index in [2.05, 4.69) is 24.9 Å². The van der Waals surface area contributed by atoms with Crippen LogP contribution in [0.25, 0.3) is 29.3 Å². The third-order valence-electron chi connectivity index (χ3n) is 3.92. The number of hydrogen-bond acceptors (Lipinski definition) is 5. The van der Waals surface area contributed by atoms with E-state index in [4.69, 9.17) is 0 Å². The highest BCUT2D eigenvalue weighted by atomic mass is 15.1. The molecule has 25 heavy (non-hydrogen) atoms. The van der Waals surface area contributed by atoms with Crippen molar-refractivity contribution >= 4 is 17.9 Å². The summed E-state index contributed by atoms with van der Waals surface area (Å²) >= 11 is 0. The summed E-state index contributed by atoms with van der Waals surface area (Å²) in [6.07, 6.45) is 12.8. The lowest BCUT2D eigenvalue weighted by Gasteiger charge is -1.98. The van der Waals surface area contributed by atoms with Gasteiger partial charge >= 0.3 is 0 Å². The molecule has 0 saturated heterocycles. The van der Waals surface area contributed by atoms with Gasteiger partial charge in [0.25, 0.3) is 0 Å². The average molecular weight is 331 g/mol. The maximum atomic E-state index is 4.60. The molecule has 4 rings (SSSR count). The van der Waals surface area contributed by atoms with E-state index in [1.165, 1.54) is 0 Å². The van der Waals surface area contributed by atoms with Crippen molar-refractivity contribution in [3.8, 4) is 11.4 Å². The Morgan fingerprint density at radius 3 is 2.64 bits per heavy atom. The average Bonchev–Trinajstić information content (AvgIpc) is 3.17. The molecule has 0 aliphatic carbocycles. The van der Waals surface area contributed by atoms with Gasteiger partial charge in [-0.1, -0.05) is 0 Å². The van der Waals surface area contributed by atoms with Gasteiger partial charge in [0.1, 0.15) is 17.2 Å². The van der Waals surface area contributed by atoms with E-state index in [0.29, 0.717) is 5.78 Å². The van der Waals surface area contributed by atoms with E-state index in [0.717, 1.165) is 34.3 Å². The second-order valence-corrected chi connectivity index (χ2v) is 5.89. The molecular formula is C18H17N7. The molecule has 0 amide bonds. The molecule has 0 unspecified atom stereocenters. The number of nitrogens with zero attached hydrogens (tertiary/aromatic N) is 7. The van der Waals surface area contributed by atoms with Gasteiger partial charge in [0, 0.05) is 43.2 Å². The number of fused-ring (bicyclic) bond motifs is 1. The molecule has 0 fully saturated rings. The molecule has 0 spiro atoms. The summed E-state index contributed by atoms with van der Waals surface area (Å²) in [5.41, 5.74) is 4.45. The normalized spacial score (nSPS) is 11.6. The zero-order valence-electron chi connectivity index (χ0n) is 14.2. The fourth-order valence-corrected chi connectivity index (χ4v) is 2.72. The minimum Gasteiger partial charge on any atom is -0.334 e. The number of aromatic nitrogens is 7. The molecule has 0 aliphatic rings. The van der Waals surface area contributed by atoms with Gasteiger partial charge in [-0.3, -0.25) is 14.4 Å². The number of rotatable bonds is 3. The Morgan fingerprint density at radius 1 is 0.960 bits per heavy atom. The highest BCUT2D eigenvalue weighted by Crippen LogP contribution is 2.16. The predicted molar refractivity (Wildman–Crippen MR) is 95.6 cm³/mol. The van der Waals surface area contributed by atoms with Crippen LogP contribution < -0.4 is 0 Å². The van der Waals surface area contributed by atoms with Gasteiger partial charge in [0.15, 0.2) is 0 Å². The molecule has 0 aromatic carbocycles. The van der Waals surface area contributed by atoms with Crippen LogP contribution in [0.1, 0.15) is 22.9 Å². The van der Waals surface area contributed by atoms with Crippen molar-refractivity contribution in [3.63, 3.8) is 0 Å². The van der Waals surface area contributed by atoms with Crippen LogP contribution in [-0.2, 0) is 7.05 Å². The molecular weight excluding hydrogens is 314 g/mol. The van der Waals surface area contributed by atoms with Gasteiger partial charge in [0.05, 0.1) is 11.9 Å². The van der Waals surface area contributed by atoms with E-state index < -0.39 is 0 Å². The van der Waals surface area contributed by atoms with Gasteiger partial charge in [-0.2, -0.15) is 0 Å². The van der Waals surface area contributed by atoms with Crippen LogP contribution in [0.4, 0.5) is 0 Å². The molecule has 124 valence electrons. The maximum absolute atomic E-state index is 4.60. The number of aryl methyl sites for hydroxylation is 3. The zero-order chi connectivity index (χ0) is 17.4. The lowest BCUT2D eigenvalue weighted by atomic mass is 10.3. The van der Waals surface area contributed by atoms with E-state index in [1.807, 2.05) is 60.5 Å². The molecule has 4 aromatic heterocycles. The lowest BCUT2D eigenvalue weighted by molar-refractivity contribution is 0.898. The molecule has 7 heteroatoms. The fraction of sp³-hybridized carbons (Fsp3) is 0.167. The summed E-state index contributed by atoms with van der Waals surface area (Å²) in [5, 5.41) is 0. The van der Waals surface area contributed by atoms with Crippen LogP contribution in [0.5, 0.6) is 0 Å². The first-order valence-electron chi connectivity index (χ1n) is 7.91. The lowest BCUT2D eigenvalue weighted by Crippen LogP contribution is -1.94. The van der Waals surface area contributed by atoms with Crippen molar-refractivity contribution in [1.29, 1.82) is 0 Å². The zero-order valence-corrected chi connectivity index (χ0v) is 14.2. The molecule has 0 atom stereocenters. The summed E-state index contributed by atoms with van der Waals surface area (Å²) in [4.78, 5) is 22.0. The molecule has 7 nitrogen and oxygen atoms in total. The van der Waals surface area contributed by atoms with E-state index >= 15 is 0 Å². The van der Waals surface area contributed by atoms with Crippen molar-refractivity contribution in [3.05, 3.63) is 60.0 Å². The Morgan fingerprint density at radius 2 is 1.84 bits per heavy atom. The van der Waals surface area contributed by atoms with Gasteiger partial charge < -0.3 is 4.57 Å². The Bertz CT molecular complexity index is 1070. The topological polar surface area (TPSA) is 73.8 Å². The van der Waals surface area contributed by atoms with Gasteiger partial charge in [-0.25, -0.2) is 15.0 Å². The third kappa shape index (κ3) is 2.91. The van der Waals surface area contributed by atoms with Crippen molar-refractivity contribution in [1.82, 2.24) is 33.9 Å². The second kappa shape index (κ2) is 5.94. The van der Waals surface area contributed by atoms with Crippen molar-refractivity contribution < 1.29 is 0 Å². The molecule has 4 heterocycles. The fourth-order valence-electron chi connectivity index (χ4n) is 2.72. The van der Waals surface area contributed by atoms with Crippen LogP contribution in [-0.4, -0.2) is 33.9 Å². The quantitative estimate of drug-likeness (QED) is 0.577. The number of hydrogen-bond donors (Lipinski definition) is 0. The first-order valence-corrected chi connectivity index (χ1v) is 7.91. The van der Waals surface area contributed by atoms with Gasteiger partial charge in [-0.15, -0.1) is 0 Å². The van der Waals surface area contributed by atoms with Gasteiger partial charge in [0.2, 0.25) is 5.78 Å².